The first-order valence-corrected chi connectivity index (χ1v) is 17.4. The van der Waals surface area contributed by atoms with Gasteiger partial charge in [-0.15, -0.1) is 0 Å². The number of nitrogens with zero attached hydrogens (tertiary/aromatic N) is 2. The monoisotopic (exact) mass is 728 g/mol. The van der Waals surface area contributed by atoms with Crippen molar-refractivity contribution in [2.75, 3.05) is 28.4 Å². The van der Waals surface area contributed by atoms with Crippen molar-refractivity contribution in [1.82, 2.24) is 9.97 Å². The Kier molecular flexibility index (Phi) is 9.26. The molecular weight excluding hydrogens is 693 g/mol. The van der Waals surface area contributed by atoms with Crippen LogP contribution in [0.4, 0.5) is 0 Å². The SMILES string of the molecule is COc1ccc(-c2cc(-c3ccc(OC)cc3O)nc3ccc(Oc4ccc5nc(-c6ccc(OC)cc6O)cc(-c6ccc(OC)cc6)c5c4)cc23)cc1. The average molecular weight is 729 g/mol. The molecule has 9 nitrogen and oxygen atoms in total. The Morgan fingerprint density at radius 3 is 1.09 bits per heavy atom. The van der Waals surface area contributed by atoms with Crippen molar-refractivity contribution in [1.29, 1.82) is 0 Å². The molecule has 8 aromatic rings. The van der Waals surface area contributed by atoms with Gasteiger partial charge in [0.05, 0.1) is 50.9 Å². The summed E-state index contributed by atoms with van der Waals surface area (Å²) in [5.41, 5.74) is 7.54. The number of benzene rings is 6. The van der Waals surface area contributed by atoms with Crippen molar-refractivity contribution < 1.29 is 33.9 Å². The predicted octanol–water partition coefficient (Wildman–Crippen LogP) is 10.7. The van der Waals surface area contributed by atoms with Gasteiger partial charge in [-0.05, 0) is 119 Å². The summed E-state index contributed by atoms with van der Waals surface area (Å²) in [5, 5.41) is 23.5. The largest absolute Gasteiger partial charge is 0.507 e. The minimum absolute atomic E-state index is 0.0690. The molecule has 0 aliphatic rings. The molecule has 2 N–H and O–H groups in total. The minimum atomic E-state index is 0.0690. The van der Waals surface area contributed by atoms with Gasteiger partial charge in [-0.3, -0.25) is 0 Å². The summed E-state index contributed by atoms with van der Waals surface area (Å²) in [6.45, 7) is 0. The summed E-state index contributed by atoms with van der Waals surface area (Å²) >= 11 is 0. The van der Waals surface area contributed by atoms with Gasteiger partial charge in [0.2, 0.25) is 0 Å². The number of aromatic nitrogens is 2. The molecule has 0 aliphatic heterocycles. The topological polar surface area (TPSA) is 112 Å². The van der Waals surface area contributed by atoms with Gasteiger partial charge >= 0.3 is 0 Å². The van der Waals surface area contributed by atoms with Crippen molar-refractivity contribution in [2.24, 2.45) is 0 Å². The van der Waals surface area contributed by atoms with E-state index >= 15 is 0 Å². The molecule has 2 aromatic heterocycles. The molecule has 0 fully saturated rings. The number of phenolic OH excluding ortho intramolecular Hbond substituents is 2. The maximum absolute atomic E-state index is 10.9. The lowest BCUT2D eigenvalue weighted by Crippen LogP contribution is -1.94. The third kappa shape index (κ3) is 6.87. The molecule has 0 radical (unpaired) electrons. The van der Waals surface area contributed by atoms with Crippen LogP contribution in [0.3, 0.4) is 0 Å². The summed E-state index contributed by atoms with van der Waals surface area (Å²) < 4.78 is 28.0. The average Bonchev–Trinajstić information content (AvgIpc) is 3.23. The zero-order chi connectivity index (χ0) is 38.1. The van der Waals surface area contributed by atoms with E-state index in [1.165, 1.54) is 0 Å². The Hall–Kier alpha value is -7.26. The molecule has 2 heterocycles. The fourth-order valence-electron chi connectivity index (χ4n) is 6.68. The summed E-state index contributed by atoms with van der Waals surface area (Å²) in [7, 11) is 6.40. The van der Waals surface area contributed by atoms with Crippen LogP contribution in [-0.4, -0.2) is 48.6 Å². The van der Waals surface area contributed by atoms with E-state index in [0.29, 0.717) is 45.5 Å². The molecule has 9 heteroatoms. The highest BCUT2D eigenvalue weighted by atomic mass is 16.5. The van der Waals surface area contributed by atoms with Crippen molar-refractivity contribution in [3.05, 3.63) is 133 Å². The molecule has 0 aliphatic carbocycles. The van der Waals surface area contributed by atoms with E-state index in [2.05, 4.69) is 0 Å². The lowest BCUT2D eigenvalue weighted by Gasteiger charge is -2.15. The lowest BCUT2D eigenvalue weighted by molar-refractivity contribution is 0.408. The Balaban J connectivity index is 1.23. The van der Waals surface area contributed by atoms with Gasteiger partial charge in [0, 0.05) is 34.0 Å². The molecule has 0 saturated heterocycles. The van der Waals surface area contributed by atoms with E-state index in [9.17, 15) is 10.2 Å². The summed E-state index contributed by atoms with van der Waals surface area (Å²) in [6, 6.07) is 41.5. The first-order chi connectivity index (χ1) is 26.8. The predicted molar refractivity (Wildman–Crippen MR) is 215 cm³/mol. The first-order valence-electron chi connectivity index (χ1n) is 17.4. The summed E-state index contributed by atoms with van der Waals surface area (Å²) in [4.78, 5) is 9.91. The Morgan fingerprint density at radius 2 is 0.727 bits per heavy atom. The molecule has 0 spiro atoms. The minimum Gasteiger partial charge on any atom is -0.507 e. The molecule has 6 aromatic carbocycles. The van der Waals surface area contributed by atoms with Crippen molar-refractivity contribution in [3.63, 3.8) is 0 Å². The zero-order valence-corrected chi connectivity index (χ0v) is 30.5. The molecule has 0 atom stereocenters. The number of phenols is 2. The molecule has 0 bridgehead atoms. The smallest absolute Gasteiger partial charge is 0.128 e. The third-order valence-corrected chi connectivity index (χ3v) is 9.56. The van der Waals surface area contributed by atoms with E-state index in [-0.39, 0.29) is 11.5 Å². The van der Waals surface area contributed by atoms with Gasteiger partial charge < -0.3 is 33.9 Å². The molecule has 55 heavy (non-hydrogen) atoms. The van der Waals surface area contributed by atoms with E-state index in [4.69, 9.17) is 33.7 Å². The van der Waals surface area contributed by atoms with Crippen LogP contribution >= 0.6 is 0 Å². The summed E-state index contributed by atoms with van der Waals surface area (Å²) in [6.07, 6.45) is 0. The third-order valence-electron chi connectivity index (χ3n) is 9.56. The Morgan fingerprint density at radius 1 is 0.364 bits per heavy atom. The standard InChI is InChI=1S/C46H36N2O7/c1-51-29-9-5-27(6-10-29)37-25-43(35-17-13-31(53-3)23-45(35)49)47-41-19-15-33(21-39(37)41)55-34-16-20-42-40(22-34)38(28-7-11-30(52-2)12-8-28)26-44(48-42)36-18-14-32(54-4)24-46(36)50/h5-26,49-50H,1-4H3. The van der Waals surface area contributed by atoms with Gasteiger partial charge in [0.1, 0.15) is 46.0 Å². The van der Waals surface area contributed by atoms with Crippen LogP contribution in [0.5, 0.6) is 46.0 Å². The molecular formula is C46H36N2O7. The van der Waals surface area contributed by atoms with E-state index in [1.807, 2.05) is 97.1 Å². The number of aromatic hydroxyl groups is 2. The van der Waals surface area contributed by atoms with Crippen molar-refractivity contribution in [2.45, 2.75) is 0 Å². The Labute approximate surface area is 317 Å². The fourth-order valence-corrected chi connectivity index (χ4v) is 6.68. The fraction of sp³-hybridized carbons (Fsp3) is 0.0870. The highest BCUT2D eigenvalue weighted by molar-refractivity contribution is 5.99. The van der Waals surface area contributed by atoms with E-state index in [0.717, 1.165) is 55.6 Å². The number of pyridine rings is 2. The highest BCUT2D eigenvalue weighted by Gasteiger charge is 2.17. The zero-order valence-electron chi connectivity index (χ0n) is 30.5. The molecule has 0 saturated carbocycles. The van der Waals surface area contributed by atoms with Crippen LogP contribution in [0.15, 0.2) is 133 Å². The summed E-state index contributed by atoms with van der Waals surface area (Å²) in [5.74, 6) is 3.95. The maximum Gasteiger partial charge on any atom is 0.128 e. The van der Waals surface area contributed by atoms with Crippen LogP contribution < -0.4 is 23.7 Å². The second-order valence-corrected chi connectivity index (χ2v) is 12.8. The van der Waals surface area contributed by atoms with Crippen molar-refractivity contribution in [3.8, 4) is 90.8 Å². The lowest BCUT2D eigenvalue weighted by atomic mass is 9.97. The van der Waals surface area contributed by atoms with Crippen LogP contribution in [-0.2, 0) is 0 Å². The molecule has 8 rings (SSSR count). The number of hydrogen-bond acceptors (Lipinski definition) is 9. The molecule has 272 valence electrons. The first kappa shape index (κ1) is 34.8. The van der Waals surface area contributed by atoms with Gasteiger partial charge in [0.15, 0.2) is 0 Å². The normalized spacial score (nSPS) is 11.1. The quantitative estimate of drug-likeness (QED) is 0.142. The number of ether oxygens (including phenoxy) is 5. The van der Waals surface area contributed by atoms with Crippen LogP contribution in [0.1, 0.15) is 0 Å². The second kappa shape index (κ2) is 14.6. The molecule has 0 amide bonds. The van der Waals surface area contributed by atoms with Crippen molar-refractivity contribution >= 4 is 21.8 Å². The van der Waals surface area contributed by atoms with Crippen LogP contribution in [0.2, 0.25) is 0 Å². The number of hydrogen-bond donors (Lipinski definition) is 2. The maximum atomic E-state index is 10.9. The van der Waals surface area contributed by atoms with Gasteiger partial charge in [-0.2, -0.15) is 0 Å². The van der Waals surface area contributed by atoms with Gasteiger partial charge in [0.25, 0.3) is 0 Å². The van der Waals surface area contributed by atoms with E-state index < -0.39 is 0 Å². The number of fused-ring (bicyclic) bond motifs is 2. The highest BCUT2D eigenvalue weighted by Crippen LogP contribution is 2.41. The van der Waals surface area contributed by atoms with E-state index in [1.54, 1.807) is 64.8 Å². The second-order valence-electron chi connectivity index (χ2n) is 12.8. The van der Waals surface area contributed by atoms with Crippen LogP contribution in [0.25, 0.3) is 66.6 Å². The van der Waals surface area contributed by atoms with Gasteiger partial charge in [-0.1, -0.05) is 24.3 Å². The van der Waals surface area contributed by atoms with Gasteiger partial charge in [-0.25, -0.2) is 9.97 Å². The van der Waals surface area contributed by atoms with Crippen LogP contribution in [0, 0.1) is 0 Å². The Bertz CT molecular complexity index is 2510. The number of rotatable bonds is 10. The number of methoxy groups -OCH3 is 4. The molecule has 0 unspecified atom stereocenters.